The average molecular weight is 273 g/mol. The summed E-state index contributed by atoms with van der Waals surface area (Å²) in [6.07, 6.45) is 10.4. The fourth-order valence-corrected chi connectivity index (χ4v) is 2.24. The third-order valence-corrected chi connectivity index (χ3v) is 3.57. The van der Waals surface area contributed by atoms with Gasteiger partial charge in [0.15, 0.2) is 0 Å². The molecule has 0 fully saturated rings. The molecule has 2 nitrogen and oxygen atoms in total. The van der Waals surface area contributed by atoms with E-state index >= 15 is 0 Å². The van der Waals surface area contributed by atoms with Crippen molar-refractivity contribution in [3.05, 3.63) is 29.3 Å². The predicted octanol–water partition coefficient (Wildman–Crippen LogP) is 5.39. The molecule has 1 aromatic rings. The molecule has 20 heavy (non-hydrogen) atoms. The summed E-state index contributed by atoms with van der Waals surface area (Å²) in [5.41, 5.74) is 1.77. The minimum atomic E-state index is 0.668. The molecule has 0 spiro atoms. The summed E-state index contributed by atoms with van der Waals surface area (Å²) in [6, 6.07) is 7.76. The number of aryl methyl sites for hydroxylation is 1. The maximum absolute atomic E-state index is 8.88. The summed E-state index contributed by atoms with van der Waals surface area (Å²) in [7, 11) is 0. The first-order chi connectivity index (χ1) is 9.77. The van der Waals surface area contributed by atoms with Crippen molar-refractivity contribution in [3.8, 4) is 11.8 Å². The third-order valence-electron chi connectivity index (χ3n) is 3.57. The maximum atomic E-state index is 8.88. The van der Waals surface area contributed by atoms with Crippen LogP contribution in [-0.4, -0.2) is 6.61 Å². The van der Waals surface area contributed by atoms with E-state index in [0.717, 1.165) is 24.3 Å². The zero-order chi connectivity index (χ0) is 14.6. The first kappa shape index (κ1) is 16.6. The summed E-state index contributed by atoms with van der Waals surface area (Å²) < 4.78 is 5.77. The highest BCUT2D eigenvalue weighted by Gasteiger charge is 2.01. The molecule has 0 aliphatic heterocycles. The molecule has 0 aromatic heterocycles. The third kappa shape index (κ3) is 6.61. The Morgan fingerprint density at radius 2 is 1.65 bits per heavy atom. The van der Waals surface area contributed by atoms with E-state index in [1.54, 1.807) is 0 Å². The monoisotopic (exact) mass is 273 g/mol. The van der Waals surface area contributed by atoms with Gasteiger partial charge in [0.1, 0.15) is 5.75 Å². The van der Waals surface area contributed by atoms with Crippen LogP contribution >= 0.6 is 0 Å². The molecule has 110 valence electrons. The summed E-state index contributed by atoms with van der Waals surface area (Å²) in [5, 5.41) is 8.88. The molecule has 2 heteroatoms. The number of ether oxygens (including phenoxy) is 1. The van der Waals surface area contributed by atoms with Crippen LogP contribution in [-0.2, 0) is 0 Å². The van der Waals surface area contributed by atoms with Crippen molar-refractivity contribution >= 4 is 0 Å². The van der Waals surface area contributed by atoms with Gasteiger partial charge in [-0.25, -0.2) is 0 Å². The number of rotatable bonds is 10. The Hall–Kier alpha value is -1.49. The quantitative estimate of drug-likeness (QED) is 0.536. The molecule has 0 heterocycles. The van der Waals surface area contributed by atoms with E-state index in [-0.39, 0.29) is 0 Å². The molecule has 0 atom stereocenters. The van der Waals surface area contributed by atoms with Gasteiger partial charge in [0.05, 0.1) is 18.2 Å². The second kappa shape index (κ2) is 10.3. The van der Waals surface area contributed by atoms with Crippen molar-refractivity contribution in [1.82, 2.24) is 0 Å². The van der Waals surface area contributed by atoms with Gasteiger partial charge in [-0.2, -0.15) is 5.26 Å². The van der Waals surface area contributed by atoms with Crippen LogP contribution in [0.1, 0.15) is 69.4 Å². The van der Waals surface area contributed by atoms with Gasteiger partial charge in [0.2, 0.25) is 0 Å². The predicted molar refractivity (Wildman–Crippen MR) is 84.0 cm³/mol. The zero-order valence-corrected chi connectivity index (χ0v) is 13.0. The summed E-state index contributed by atoms with van der Waals surface area (Å²) >= 11 is 0. The van der Waals surface area contributed by atoms with E-state index in [0.29, 0.717) is 5.56 Å². The maximum Gasteiger partial charge on any atom is 0.123 e. The summed E-state index contributed by atoms with van der Waals surface area (Å²) in [6.45, 7) is 5.02. The van der Waals surface area contributed by atoms with Crippen LogP contribution in [0.15, 0.2) is 18.2 Å². The van der Waals surface area contributed by atoms with Crippen LogP contribution in [0.3, 0.4) is 0 Å². The largest absolute Gasteiger partial charge is 0.493 e. The van der Waals surface area contributed by atoms with Crippen molar-refractivity contribution in [3.63, 3.8) is 0 Å². The van der Waals surface area contributed by atoms with Gasteiger partial charge >= 0.3 is 0 Å². The topological polar surface area (TPSA) is 33.0 Å². The summed E-state index contributed by atoms with van der Waals surface area (Å²) in [5.74, 6) is 0.854. The lowest BCUT2D eigenvalue weighted by molar-refractivity contribution is 0.302. The molecule has 0 amide bonds. The van der Waals surface area contributed by atoms with Gasteiger partial charge in [-0.3, -0.25) is 0 Å². The molecule has 0 saturated carbocycles. The molecule has 0 N–H and O–H groups in total. The lowest BCUT2D eigenvalue weighted by Gasteiger charge is -2.09. The minimum absolute atomic E-state index is 0.668. The number of hydrogen-bond donors (Lipinski definition) is 0. The van der Waals surface area contributed by atoms with Crippen LogP contribution in [0.25, 0.3) is 0 Å². The Morgan fingerprint density at radius 1 is 1.00 bits per heavy atom. The molecule has 0 aliphatic rings. The minimum Gasteiger partial charge on any atom is -0.493 e. The van der Waals surface area contributed by atoms with Crippen molar-refractivity contribution in [2.45, 2.75) is 65.2 Å². The van der Waals surface area contributed by atoms with E-state index in [1.165, 1.54) is 44.9 Å². The van der Waals surface area contributed by atoms with Crippen LogP contribution in [0.5, 0.6) is 5.75 Å². The second-order valence-electron chi connectivity index (χ2n) is 5.42. The first-order valence-electron chi connectivity index (χ1n) is 7.91. The average Bonchev–Trinajstić information content (AvgIpc) is 2.47. The molecule has 1 aromatic carbocycles. The number of benzene rings is 1. The molecular formula is C18H27NO. The van der Waals surface area contributed by atoms with Crippen LogP contribution in [0, 0.1) is 18.3 Å². The molecule has 0 saturated heterocycles. The van der Waals surface area contributed by atoms with Gasteiger partial charge in [0.25, 0.3) is 0 Å². The Labute approximate surface area is 123 Å². The Balaban J connectivity index is 2.11. The van der Waals surface area contributed by atoms with E-state index in [1.807, 2.05) is 25.1 Å². The van der Waals surface area contributed by atoms with Crippen molar-refractivity contribution in [1.29, 1.82) is 5.26 Å². The lowest BCUT2D eigenvalue weighted by Crippen LogP contribution is -1.99. The fraction of sp³-hybridized carbons (Fsp3) is 0.611. The molecule has 1 rings (SSSR count). The SMILES string of the molecule is CCCCCCCCCCOc1cc(C#N)ccc1C. The lowest BCUT2D eigenvalue weighted by atomic mass is 10.1. The van der Waals surface area contributed by atoms with E-state index in [9.17, 15) is 0 Å². The molecule has 0 radical (unpaired) electrons. The molecule has 0 unspecified atom stereocenters. The van der Waals surface area contributed by atoms with Gasteiger partial charge < -0.3 is 4.74 Å². The first-order valence-corrected chi connectivity index (χ1v) is 7.91. The highest BCUT2D eigenvalue weighted by Crippen LogP contribution is 2.19. The standard InChI is InChI=1S/C18H27NO/c1-3-4-5-6-7-8-9-10-13-20-18-14-17(15-19)12-11-16(18)2/h11-12,14H,3-10,13H2,1-2H3. The van der Waals surface area contributed by atoms with E-state index in [2.05, 4.69) is 13.0 Å². The number of unbranched alkanes of at least 4 members (excludes halogenated alkanes) is 7. The van der Waals surface area contributed by atoms with Crippen LogP contribution < -0.4 is 4.74 Å². The van der Waals surface area contributed by atoms with Crippen molar-refractivity contribution < 1.29 is 4.74 Å². The Kier molecular flexibility index (Phi) is 8.54. The normalized spacial score (nSPS) is 10.2. The highest BCUT2D eigenvalue weighted by molar-refractivity contribution is 5.41. The molecule has 0 bridgehead atoms. The molecule has 0 aliphatic carbocycles. The number of nitriles is 1. The van der Waals surface area contributed by atoms with Gasteiger partial charge in [-0.15, -0.1) is 0 Å². The van der Waals surface area contributed by atoms with Crippen LogP contribution in [0.4, 0.5) is 0 Å². The Morgan fingerprint density at radius 3 is 2.30 bits per heavy atom. The van der Waals surface area contributed by atoms with Gasteiger partial charge in [-0.1, -0.05) is 57.9 Å². The van der Waals surface area contributed by atoms with Crippen molar-refractivity contribution in [2.24, 2.45) is 0 Å². The van der Waals surface area contributed by atoms with Crippen LogP contribution in [0.2, 0.25) is 0 Å². The Bertz CT molecular complexity index is 420. The molecular weight excluding hydrogens is 246 g/mol. The number of hydrogen-bond acceptors (Lipinski definition) is 2. The number of nitrogens with zero attached hydrogens (tertiary/aromatic N) is 1. The van der Waals surface area contributed by atoms with Gasteiger partial charge in [0, 0.05) is 0 Å². The van der Waals surface area contributed by atoms with E-state index < -0.39 is 0 Å². The summed E-state index contributed by atoms with van der Waals surface area (Å²) in [4.78, 5) is 0. The fourth-order valence-electron chi connectivity index (χ4n) is 2.24. The van der Waals surface area contributed by atoms with E-state index in [4.69, 9.17) is 10.00 Å². The highest BCUT2D eigenvalue weighted by atomic mass is 16.5. The smallest absolute Gasteiger partial charge is 0.123 e. The second-order valence-corrected chi connectivity index (χ2v) is 5.42. The van der Waals surface area contributed by atoms with Crippen molar-refractivity contribution in [2.75, 3.05) is 6.61 Å². The van der Waals surface area contributed by atoms with Gasteiger partial charge in [-0.05, 0) is 31.0 Å². The zero-order valence-electron chi connectivity index (χ0n) is 13.0.